The molecule has 0 saturated carbocycles. The molecule has 5 unspecified atom stereocenters. The van der Waals surface area contributed by atoms with Gasteiger partial charge in [0.05, 0.1) is 12.7 Å². The summed E-state index contributed by atoms with van der Waals surface area (Å²) in [7, 11) is 0. The van der Waals surface area contributed by atoms with Crippen LogP contribution in [-0.2, 0) is 25.6 Å². The molecule has 2 saturated heterocycles. The zero-order chi connectivity index (χ0) is 15.0. The fourth-order valence-electron chi connectivity index (χ4n) is 2.80. The molecule has 0 aliphatic carbocycles. The van der Waals surface area contributed by atoms with E-state index in [2.05, 4.69) is 0 Å². The molecule has 0 aromatic heterocycles. The van der Waals surface area contributed by atoms with E-state index in [0.717, 1.165) is 5.56 Å². The molecule has 21 heavy (non-hydrogen) atoms. The lowest BCUT2D eigenvalue weighted by molar-refractivity contribution is -0.255. The molecule has 0 spiro atoms. The highest BCUT2D eigenvalue weighted by atomic mass is 16.8. The quantitative estimate of drug-likeness (QED) is 0.921. The maximum atomic E-state index is 10.3. The smallest absolute Gasteiger partial charge is 0.190 e. The Balaban J connectivity index is 1.71. The van der Waals surface area contributed by atoms with Crippen LogP contribution in [0.4, 0.5) is 0 Å². The fourth-order valence-corrected chi connectivity index (χ4v) is 2.80. The SMILES string of the molecule is CC1OC2OC(C)(C)OC2C(OCc2ccccc2)C1O. The zero-order valence-corrected chi connectivity index (χ0v) is 12.6. The molecule has 0 bridgehead atoms. The summed E-state index contributed by atoms with van der Waals surface area (Å²) in [6, 6.07) is 9.86. The monoisotopic (exact) mass is 294 g/mol. The summed E-state index contributed by atoms with van der Waals surface area (Å²) in [5.41, 5.74) is 1.05. The van der Waals surface area contributed by atoms with Crippen molar-refractivity contribution < 1.29 is 24.1 Å². The van der Waals surface area contributed by atoms with Gasteiger partial charge in [0.25, 0.3) is 0 Å². The van der Waals surface area contributed by atoms with Crippen molar-refractivity contribution in [1.82, 2.24) is 0 Å². The van der Waals surface area contributed by atoms with Gasteiger partial charge in [0.15, 0.2) is 12.1 Å². The largest absolute Gasteiger partial charge is 0.388 e. The maximum Gasteiger partial charge on any atom is 0.190 e. The van der Waals surface area contributed by atoms with Gasteiger partial charge in [0, 0.05) is 0 Å². The summed E-state index contributed by atoms with van der Waals surface area (Å²) in [5, 5.41) is 10.3. The van der Waals surface area contributed by atoms with E-state index >= 15 is 0 Å². The molecule has 0 radical (unpaired) electrons. The summed E-state index contributed by atoms with van der Waals surface area (Å²) < 4.78 is 23.1. The van der Waals surface area contributed by atoms with Crippen molar-refractivity contribution in [2.75, 3.05) is 0 Å². The molecule has 5 nitrogen and oxygen atoms in total. The van der Waals surface area contributed by atoms with Gasteiger partial charge < -0.3 is 24.1 Å². The van der Waals surface area contributed by atoms with Gasteiger partial charge in [-0.15, -0.1) is 0 Å². The Kier molecular flexibility index (Phi) is 4.03. The molecule has 3 rings (SSSR count). The van der Waals surface area contributed by atoms with Gasteiger partial charge in [-0.2, -0.15) is 0 Å². The standard InChI is InChI=1S/C16H22O5/c1-10-12(17)13(18-9-11-7-5-4-6-8-11)14-15(19-10)21-16(2,3)20-14/h4-8,10,12-15,17H,9H2,1-3H3. The first-order valence-electron chi connectivity index (χ1n) is 7.31. The minimum Gasteiger partial charge on any atom is -0.388 e. The first-order chi connectivity index (χ1) is 9.96. The molecule has 2 heterocycles. The maximum absolute atomic E-state index is 10.3. The second-order valence-electron chi connectivity index (χ2n) is 6.06. The molecule has 2 fully saturated rings. The molecule has 1 N–H and O–H groups in total. The topological polar surface area (TPSA) is 57.2 Å². The van der Waals surface area contributed by atoms with Crippen LogP contribution in [0.5, 0.6) is 0 Å². The number of ether oxygens (including phenoxy) is 4. The Bertz CT molecular complexity index is 475. The van der Waals surface area contributed by atoms with Gasteiger partial charge in [0.1, 0.15) is 18.3 Å². The number of rotatable bonds is 3. The van der Waals surface area contributed by atoms with Crippen molar-refractivity contribution in [2.24, 2.45) is 0 Å². The average Bonchev–Trinajstić information content (AvgIpc) is 2.74. The van der Waals surface area contributed by atoms with E-state index in [1.165, 1.54) is 0 Å². The highest BCUT2D eigenvalue weighted by Gasteiger charge is 2.53. The van der Waals surface area contributed by atoms with Crippen molar-refractivity contribution >= 4 is 0 Å². The predicted octanol–water partition coefficient (Wildman–Crippen LogP) is 1.83. The van der Waals surface area contributed by atoms with Crippen LogP contribution in [0.2, 0.25) is 0 Å². The number of fused-ring (bicyclic) bond motifs is 1. The third-order valence-corrected chi connectivity index (χ3v) is 3.86. The Labute approximate surface area is 124 Å². The van der Waals surface area contributed by atoms with Gasteiger partial charge in [-0.3, -0.25) is 0 Å². The van der Waals surface area contributed by atoms with Crippen LogP contribution in [-0.4, -0.2) is 41.6 Å². The molecular weight excluding hydrogens is 272 g/mol. The van der Waals surface area contributed by atoms with Crippen molar-refractivity contribution in [3.63, 3.8) is 0 Å². The minimum atomic E-state index is -0.743. The second-order valence-corrected chi connectivity index (χ2v) is 6.06. The third kappa shape index (κ3) is 3.12. The van der Waals surface area contributed by atoms with Gasteiger partial charge in [-0.25, -0.2) is 0 Å². The van der Waals surface area contributed by atoms with Gasteiger partial charge in [0.2, 0.25) is 0 Å². The van der Waals surface area contributed by atoms with Gasteiger partial charge in [-0.05, 0) is 26.3 Å². The Hall–Kier alpha value is -0.980. The van der Waals surface area contributed by atoms with Crippen LogP contribution >= 0.6 is 0 Å². The van der Waals surface area contributed by atoms with Crippen LogP contribution in [0.1, 0.15) is 26.3 Å². The molecule has 1 aromatic rings. The van der Waals surface area contributed by atoms with Crippen LogP contribution in [0, 0.1) is 0 Å². The third-order valence-electron chi connectivity index (χ3n) is 3.86. The summed E-state index contributed by atoms with van der Waals surface area (Å²) in [4.78, 5) is 0. The van der Waals surface area contributed by atoms with Crippen LogP contribution < -0.4 is 0 Å². The number of hydrogen-bond donors (Lipinski definition) is 1. The Morgan fingerprint density at radius 1 is 1.19 bits per heavy atom. The first kappa shape index (κ1) is 14.9. The van der Waals surface area contributed by atoms with Crippen LogP contribution in [0.15, 0.2) is 30.3 Å². The van der Waals surface area contributed by atoms with E-state index in [1.807, 2.05) is 51.1 Å². The fraction of sp³-hybridized carbons (Fsp3) is 0.625. The van der Waals surface area contributed by atoms with Crippen molar-refractivity contribution in [2.45, 2.75) is 63.9 Å². The number of hydrogen-bond acceptors (Lipinski definition) is 5. The Morgan fingerprint density at radius 3 is 2.62 bits per heavy atom. The molecule has 0 amide bonds. The zero-order valence-electron chi connectivity index (χ0n) is 12.6. The molecule has 1 aromatic carbocycles. The van der Waals surface area contributed by atoms with Crippen LogP contribution in [0.25, 0.3) is 0 Å². The number of benzene rings is 1. The van der Waals surface area contributed by atoms with E-state index < -0.39 is 30.4 Å². The summed E-state index contributed by atoms with van der Waals surface area (Å²) >= 11 is 0. The second kappa shape index (κ2) is 5.66. The minimum absolute atomic E-state index is 0.357. The molecule has 5 atom stereocenters. The number of aliphatic hydroxyl groups is 1. The molecule has 116 valence electrons. The van der Waals surface area contributed by atoms with Crippen molar-refractivity contribution in [1.29, 1.82) is 0 Å². The summed E-state index contributed by atoms with van der Waals surface area (Å²) in [5.74, 6) is -0.729. The Morgan fingerprint density at radius 2 is 1.90 bits per heavy atom. The summed E-state index contributed by atoms with van der Waals surface area (Å²) in [6.45, 7) is 5.90. The molecule has 5 heteroatoms. The van der Waals surface area contributed by atoms with Crippen molar-refractivity contribution in [3.8, 4) is 0 Å². The summed E-state index contributed by atoms with van der Waals surface area (Å²) in [6.07, 6.45) is -2.49. The molecule has 2 aliphatic rings. The van der Waals surface area contributed by atoms with Crippen molar-refractivity contribution in [3.05, 3.63) is 35.9 Å². The van der Waals surface area contributed by atoms with E-state index in [-0.39, 0.29) is 6.10 Å². The molecule has 2 aliphatic heterocycles. The number of aliphatic hydroxyl groups excluding tert-OH is 1. The normalized spacial score (nSPS) is 38.2. The van der Waals surface area contributed by atoms with E-state index in [1.54, 1.807) is 0 Å². The highest BCUT2D eigenvalue weighted by Crippen LogP contribution is 2.37. The lowest BCUT2D eigenvalue weighted by atomic mass is 9.99. The van der Waals surface area contributed by atoms with E-state index in [4.69, 9.17) is 18.9 Å². The molecular formula is C16H22O5. The lowest BCUT2D eigenvalue weighted by Gasteiger charge is -2.38. The van der Waals surface area contributed by atoms with E-state index in [0.29, 0.717) is 6.61 Å². The van der Waals surface area contributed by atoms with Gasteiger partial charge in [-0.1, -0.05) is 30.3 Å². The first-order valence-corrected chi connectivity index (χ1v) is 7.31. The predicted molar refractivity (Wildman–Crippen MR) is 75.4 cm³/mol. The average molecular weight is 294 g/mol. The lowest BCUT2D eigenvalue weighted by Crippen LogP contribution is -2.56. The van der Waals surface area contributed by atoms with Gasteiger partial charge >= 0.3 is 0 Å². The van der Waals surface area contributed by atoms with E-state index in [9.17, 15) is 5.11 Å². The van der Waals surface area contributed by atoms with Crippen LogP contribution in [0.3, 0.4) is 0 Å². The highest BCUT2D eigenvalue weighted by molar-refractivity contribution is 5.13.